The molecule has 136 valence electrons. The molecule has 0 amide bonds. The molecule has 3 rings (SSSR count). The Morgan fingerprint density at radius 1 is 1.12 bits per heavy atom. The molecule has 1 heterocycles. The maximum Gasteiger partial charge on any atom is 0.276 e. The highest BCUT2D eigenvalue weighted by atomic mass is 35.5. The number of methoxy groups -OCH3 is 1. The number of benzene rings is 2. The minimum Gasteiger partial charge on any atom is -0.496 e. The lowest BCUT2D eigenvalue weighted by molar-refractivity contribution is 0.408. The fourth-order valence-electron chi connectivity index (χ4n) is 2.69. The molecule has 0 bridgehead atoms. The molecule has 0 aliphatic heterocycles. The van der Waals surface area contributed by atoms with E-state index in [-0.39, 0.29) is 0 Å². The number of halogens is 1. The average Bonchev–Trinajstić information content (AvgIpc) is 3.09. The maximum atomic E-state index is 6.16. The molecule has 2 aromatic carbocycles. The van der Waals surface area contributed by atoms with E-state index in [1.807, 2.05) is 30.3 Å². The minimum absolute atomic E-state index is 0.584. The van der Waals surface area contributed by atoms with Crippen LogP contribution in [0, 0.1) is 6.92 Å². The van der Waals surface area contributed by atoms with Crippen LogP contribution in [0.5, 0.6) is 5.75 Å². The van der Waals surface area contributed by atoms with E-state index in [1.165, 1.54) is 17.3 Å². The smallest absolute Gasteiger partial charge is 0.276 e. The summed E-state index contributed by atoms with van der Waals surface area (Å²) in [6.07, 6.45) is 2.70. The Balaban J connectivity index is 1.48. The molecule has 4 nitrogen and oxygen atoms in total. The lowest BCUT2D eigenvalue weighted by atomic mass is 10.1. The molecule has 3 aromatic rings. The number of hydrogen-bond acceptors (Lipinski definition) is 5. The SMILES string of the molecule is COc1ccc(CCCc2nnc(SCc3ccccc3Cl)o2)cc1C. The molecule has 0 saturated heterocycles. The number of hydrogen-bond donors (Lipinski definition) is 0. The summed E-state index contributed by atoms with van der Waals surface area (Å²) in [5.41, 5.74) is 3.51. The molecule has 0 radical (unpaired) electrons. The molecule has 0 unspecified atom stereocenters. The van der Waals surface area contributed by atoms with E-state index in [4.69, 9.17) is 20.8 Å². The third-order valence-electron chi connectivity index (χ3n) is 4.07. The van der Waals surface area contributed by atoms with Crippen molar-refractivity contribution in [3.8, 4) is 5.75 Å². The first-order valence-corrected chi connectivity index (χ1v) is 9.84. The summed E-state index contributed by atoms with van der Waals surface area (Å²) < 4.78 is 11.0. The molecule has 0 aliphatic carbocycles. The van der Waals surface area contributed by atoms with E-state index in [2.05, 4.69) is 29.3 Å². The lowest BCUT2D eigenvalue weighted by Crippen LogP contribution is -1.93. The Morgan fingerprint density at radius 3 is 2.73 bits per heavy atom. The third kappa shape index (κ3) is 5.02. The highest BCUT2D eigenvalue weighted by Gasteiger charge is 2.09. The number of ether oxygens (including phenoxy) is 1. The first-order valence-electron chi connectivity index (χ1n) is 8.48. The summed E-state index contributed by atoms with van der Waals surface area (Å²) >= 11 is 7.67. The number of aryl methyl sites for hydroxylation is 3. The Labute approximate surface area is 162 Å². The van der Waals surface area contributed by atoms with Gasteiger partial charge in [-0.15, -0.1) is 10.2 Å². The predicted octanol–water partition coefficient (Wildman–Crippen LogP) is 5.51. The van der Waals surface area contributed by atoms with Crippen molar-refractivity contribution in [2.24, 2.45) is 0 Å². The highest BCUT2D eigenvalue weighted by molar-refractivity contribution is 7.98. The number of nitrogens with zero attached hydrogens (tertiary/aromatic N) is 2. The van der Waals surface area contributed by atoms with Gasteiger partial charge in [-0.3, -0.25) is 0 Å². The van der Waals surface area contributed by atoms with Crippen LogP contribution in [-0.2, 0) is 18.6 Å². The summed E-state index contributed by atoms with van der Waals surface area (Å²) in [6, 6.07) is 14.1. The van der Waals surface area contributed by atoms with Crippen molar-refractivity contribution in [2.45, 2.75) is 37.2 Å². The van der Waals surface area contributed by atoms with Crippen LogP contribution in [0.25, 0.3) is 0 Å². The lowest BCUT2D eigenvalue weighted by Gasteiger charge is -2.06. The third-order valence-corrected chi connectivity index (χ3v) is 5.31. The van der Waals surface area contributed by atoms with Crippen molar-refractivity contribution in [2.75, 3.05) is 7.11 Å². The van der Waals surface area contributed by atoms with E-state index in [1.54, 1.807) is 7.11 Å². The zero-order valence-electron chi connectivity index (χ0n) is 14.9. The van der Waals surface area contributed by atoms with E-state index >= 15 is 0 Å². The van der Waals surface area contributed by atoms with Gasteiger partial charge in [-0.05, 0) is 48.6 Å². The quantitative estimate of drug-likeness (QED) is 0.476. The second kappa shape index (κ2) is 9.10. The highest BCUT2D eigenvalue weighted by Crippen LogP contribution is 2.26. The monoisotopic (exact) mass is 388 g/mol. The molecular weight excluding hydrogens is 368 g/mol. The molecule has 0 saturated carbocycles. The van der Waals surface area contributed by atoms with Crippen LogP contribution in [0.15, 0.2) is 52.1 Å². The van der Waals surface area contributed by atoms with Crippen molar-refractivity contribution < 1.29 is 9.15 Å². The zero-order valence-corrected chi connectivity index (χ0v) is 16.4. The summed E-state index contributed by atoms with van der Waals surface area (Å²) in [6.45, 7) is 2.06. The van der Waals surface area contributed by atoms with Gasteiger partial charge in [0.15, 0.2) is 0 Å². The topological polar surface area (TPSA) is 48.2 Å². The normalized spacial score (nSPS) is 10.9. The average molecular weight is 389 g/mol. The Kier molecular flexibility index (Phi) is 6.58. The second-order valence-electron chi connectivity index (χ2n) is 6.00. The molecule has 0 spiro atoms. The van der Waals surface area contributed by atoms with E-state index in [0.717, 1.165) is 41.2 Å². The van der Waals surface area contributed by atoms with Gasteiger partial charge in [-0.1, -0.05) is 53.7 Å². The van der Waals surface area contributed by atoms with Gasteiger partial charge >= 0.3 is 0 Å². The van der Waals surface area contributed by atoms with Gasteiger partial charge in [0.1, 0.15) is 5.75 Å². The summed E-state index contributed by atoms with van der Waals surface area (Å²) in [4.78, 5) is 0. The van der Waals surface area contributed by atoms with Gasteiger partial charge < -0.3 is 9.15 Å². The molecular formula is C20H21ClN2O2S. The summed E-state index contributed by atoms with van der Waals surface area (Å²) in [5, 5.41) is 9.59. The number of aromatic nitrogens is 2. The largest absolute Gasteiger partial charge is 0.496 e. The van der Waals surface area contributed by atoms with Crippen LogP contribution in [0.2, 0.25) is 5.02 Å². The van der Waals surface area contributed by atoms with Crippen molar-refractivity contribution in [3.05, 3.63) is 70.1 Å². The first kappa shape index (κ1) is 18.8. The summed E-state index contributed by atoms with van der Waals surface area (Å²) in [5.74, 6) is 2.31. The van der Waals surface area contributed by atoms with Crippen LogP contribution in [0.1, 0.15) is 29.0 Å². The van der Waals surface area contributed by atoms with Crippen LogP contribution < -0.4 is 4.74 Å². The molecule has 0 N–H and O–H groups in total. The number of rotatable bonds is 8. The van der Waals surface area contributed by atoms with Gasteiger partial charge in [0.2, 0.25) is 5.89 Å². The maximum absolute atomic E-state index is 6.16. The second-order valence-corrected chi connectivity index (χ2v) is 7.33. The van der Waals surface area contributed by atoms with Gasteiger partial charge in [0.05, 0.1) is 7.11 Å². The zero-order chi connectivity index (χ0) is 18.4. The molecule has 0 atom stereocenters. The van der Waals surface area contributed by atoms with Crippen LogP contribution in [-0.4, -0.2) is 17.3 Å². The van der Waals surface area contributed by atoms with E-state index in [0.29, 0.717) is 16.9 Å². The van der Waals surface area contributed by atoms with Crippen LogP contribution in [0.3, 0.4) is 0 Å². The molecule has 1 aromatic heterocycles. The van der Waals surface area contributed by atoms with E-state index in [9.17, 15) is 0 Å². The molecule has 6 heteroatoms. The molecule has 0 aliphatic rings. The Morgan fingerprint density at radius 2 is 1.96 bits per heavy atom. The van der Waals surface area contributed by atoms with Crippen molar-refractivity contribution in [1.29, 1.82) is 0 Å². The Hall–Kier alpha value is -1.98. The van der Waals surface area contributed by atoms with Crippen molar-refractivity contribution >= 4 is 23.4 Å². The van der Waals surface area contributed by atoms with Gasteiger partial charge in [0, 0.05) is 17.2 Å². The standard InChI is InChI=1S/C20H21ClN2O2S/c1-14-12-15(10-11-18(14)24-2)6-5-9-19-22-23-20(25-19)26-13-16-7-3-4-8-17(16)21/h3-4,7-8,10-12H,5-6,9,13H2,1-2H3. The Bertz CT molecular complexity index is 867. The van der Waals surface area contributed by atoms with Crippen LogP contribution >= 0.6 is 23.4 Å². The van der Waals surface area contributed by atoms with Gasteiger partial charge in [-0.25, -0.2) is 0 Å². The molecule has 26 heavy (non-hydrogen) atoms. The van der Waals surface area contributed by atoms with Gasteiger partial charge in [0.25, 0.3) is 5.22 Å². The summed E-state index contributed by atoms with van der Waals surface area (Å²) in [7, 11) is 1.69. The van der Waals surface area contributed by atoms with E-state index < -0.39 is 0 Å². The van der Waals surface area contributed by atoms with Crippen molar-refractivity contribution in [1.82, 2.24) is 10.2 Å². The van der Waals surface area contributed by atoms with Crippen molar-refractivity contribution in [3.63, 3.8) is 0 Å². The first-order chi connectivity index (χ1) is 12.7. The molecule has 0 fully saturated rings. The fraction of sp³-hybridized carbons (Fsp3) is 0.300. The number of thioether (sulfide) groups is 1. The van der Waals surface area contributed by atoms with Gasteiger partial charge in [-0.2, -0.15) is 0 Å². The fourth-order valence-corrected chi connectivity index (χ4v) is 3.76. The minimum atomic E-state index is 0.584. The van der Waals surface area contributed by atoms with Crippen LogP contribution in [0.4, 0.5) is 0 Å². The predicted molar refractivity (Wildman–Crippen MR) is 105 cm³/mol.